The zero-order valence-electron chi connectivity index (χ0n) is 12.6. The molecule has 0 atom stereocenters. The van der Waals surface area contributed by atoms with Crippen molar-refractivity contribution in [2.24, 2.45) is 5.41 Å². The lowest BCUT2D eigenvalue weighted by atomic mass is 9.73. The Bertz CT molecular complexity index is 570. The van der Waals surface area contributed by atoms with Gasteiger partial charge in [-0.15, -0.1) is 0 Å². The summed E-state index contributed by atoms with van der Waals surface area (Å²) in [6, 6.07) is 4.40. The van der Waals surface area contributed by atoms with E-state index in [9.17, 15) is 9.18 Å². The van der Waals surface area contributed by atoms with Gasteiger partial charge in [0, 0.05) is 10.6 Å². The van der Waals surface area contributed by atoms with Crippen molar-refractivity contribution in [1.29, 1.82) is 0 Å². The Labute approximate surface area is 129 Å². The molecule has 0 saturated heterocycles. The number of hydrogen-bond donors (Lipinski definition) is 0. The van der Waals surface area contributed by atoms with Gasteiger partial charge in [0.05, 0.1) is 6.61 Å². The minimum absolute atomic E-state index is 0.0444. The average molecular weight is 311 g/mol. The predicted molar refractivity (Wildman–Crippen MR) is 82.6 cm³/mol. The second kappa shape index (κ2) is 6.18. The van der Waals surface area contributed by atoms with Crippen molar-refractivity contribution >= 4 is 23.1 Å². The zero-order chi connectivity index (χ0) is 15.6. The Morgan fingerprint density at radius 1 is 1.38 bits per heavy atom. The van der Waals surface area contributed by atoms with E-state index in [1.54, 1.807) is 13.0 Å². The number of hydrogen-bond acceptors (Lipinski definition) is 2. The minimum atomic E-state index is -0.391. The Kier molecular flexibility index (Phi) is 4.72. The Balaban J connectivity index is 2.50. The monoisotopic (exact) mass is 310 g/mol. The van der Waals surface area contributed by atoms with Gasteiger partial charge in [-0.1, -0.05) is 25.4 Å². The fourth-order valence-corrected chi connectivity index (χ4v) is 2.97. The highest BCUT2D eigenvalue weighted by Crippen LogP contribution is 2.43. The molecule has 1 aliphatic carbocycles. The molecule has 0 aliphatic heterocycles. The van der Waals surface area contributed by atoms with E-state index < -0.39 is 5.82 Å². The van der Waals surface area contributed by atoms with Gasteiger partial charge in [0.25, 0.3) is 0 Å². The van der Waals surface area contributed by atoms with Crippen molar-refractivity contribution in [1.82, 2.24) is 0 Å². The lowest BCUT2D eigenvalue weighted by Crippen LogP contribution is -2.23. The summed E-state index contributed by atoms with van der Waals surface area (Å²) in [5, 5.41) is 0.338. The van der Waals surface area contributed by atoms with Crippen molar-refractivity contribution in [2.45, 2.75) is 40.0 Å². The first-order valence-corrected chi connectivity index (χ1v) is 7.56. The maximum Gasteiger partial charge on any atom is 0.334 e. The molecule has 0 heterocycles. The molecule has 0 N–H and O–H groups in total. The molecule has 1 aromatic carbocycles. The van der Waals surface area contributed by atoms with Crippen LogP contribution in [-0.2, 0) is 9.53 Å². The van der Waals surface area contributed by atoms with Crippen molar-refractivity contribution < 1.29 is 13.9 Å². The molecule has 1 aromatic rings. The Morgan fingerprint density at radius 2 is 2.10 bits per heavy atom. The molecule has 0 saturated carbocycles. The van der Waals surface area contributed by atoms with E-state index in [-0.39, 0.29) is 11.4 Å². The lowest BCUT2D eigenvalue weighted by molar-refractivity contribution is -0.139. The molecule has 0 radical (unpaired) electrons. The minimum Gasteiger partial charge on any atom is -0.463 e. The first-order valence-electron chi connectivity index (χ1n) is 7.18. The van der Waals surface area contributed by atoms with Crippen LogP contribution < -0.4 is 0 Å². The summed E-state index contributed by atoms with van der Waals surface area (Å²) in [6.45, 7) is 6.37. The zero-order valence-corrected chi connectivity index (χ0v) is 13.4. The number of ether oxygens (including phenoxy) is 1. The molecule has 0 fully saturated rings. The summed E-state index contributed by atoms with van der Waals surface area (Å²) in [5.41, 5.74) is 2.23. The van der Waals surface area contributed by atoms with E-state index in [0.717, 1.165) is 18.4 Å². The van der Waals surface area contributed by atoms with Crippen LogP contribution in [0.15, 0.2) is 23.8 Å². The summed E-state index contributed by atoms with van der Waals surface area (Å²) in [4.78, 5) is 12.2. The molecule has 0 spiro atoms. The van der Waals surface area contributed by atoms with Crippen LogP contribution in [0.1, 0.15) is 45.6 Å². The van der Waals surface area contributed by atoms with Crippen LogP contribution in [-0.4, -0.2) is 12.6 Å². The van der Waals surface area contributed by atoms with Crippen molar-refractivity contribution in [3.8, 4) is 0 Å². The van der Waals surface area contributed by atoms with Crippen LogP contribution in [0.5, 0.6) is 0 Å². The van der Waals surface area contributed by atoms with Crippen molar-refractivity contribution in [3.63, 3.8) is 0 Å². The number of carbonyl (C=O) groups is 1. The first-order chi connectivity index (χ1) is 9.82. The molecular weight excluding hydrogens is 291 g/mol. The molecule has 0 amide bonds. The second-order valence-corrected chi connectivity index (χ2v) is 6.61. The van der Waals surface area contributed by atoms with E-state index in [0.29, 0.717) is 29.2 Å². The van der Waals surface area contributed by atoms with E-state index >= 15 is 0 Å². The molecule has 21 heavy (non-hydrogen) atoms. The summed E-state index contributed by atoms with van der Waals surface area (Å²) < 4.78 is 18.8. The quantitative estimate of drug-likeness (QED) is 0.734. The van der Waals surface area contributed by atoms with Gasteiger partial charge in [-0.25, -0.2) is 9.18 Å². The maximum absolute atomic E-state index is 13.6. The Hall–Kier alpha value is -1.35. The maximum atomic E-state index is 13.6. The third-order valence-corrected chi connectivity index (χ3v) is 4.02. The van der Waals surface area contributed by atoms with Crippen molar-refractivity contribution in [3.05, 3.63) is 40.2 Å². The summed E-state index contributed by atoms with van der Waals surface area (Å²) in [6.07, 6.45) is 2.30. The van der Waals surface area contributed by atoms with Gasteiger partial charge in [0.15, 0.2) is 0 Å². The summed E-state index contributed by atoms with van der Waals surface area (Å²) >= 11 is 5.94. The highest BCUT2D eigenvalue weighted by Gasteiger charge is 2.31. The SMILES string of the molecule is CCOC(=O)C1=C(c2cc(F)cc(Cl)c2)CCC(C)(C)C1. The van der Waals surface area contributed by atoms with Gasteiger partial charge in [-0.3, -0.25) is 0 Å². The molecule has 2 rings (SSSR count). The van der Waals surface area contributed by atoms with Gasteiger partial charge in [-0.2, -0.15) is 0 Å². The van der Waals surface area contributed by atoms with Gasteiger partial charge in [-0.05, 0) is 60.9 Å². The van der Waals surface area contributed by atoms with Gasteiger partial charge in [0.1, 0.15) is 5.82 Å². The van der Waals surface area contributed by atoms with Crippen LogP contribution in [0, 0.1) is 11.2 Å². The summed E-state index contributed by atoms with van der Waals surface area (Å²) in [5.74, 6) is -0.696. The number of esters is 1. The molecule has 0 bridgehead atoms. The standard InChI is InChI=1S/C17H20ClFO2/c1-4-21-16(20)15-10-17(2,3)6-5-14(15)11-7-12(18)9-13(19)8-11/h7-9H,4-6,10H2,1-3H3. The molecule has 114 valence electrons. The second-order valence-electron chi connectivity index (χ2n) is 6.18. The van der Waals surface area contributed by atoms with Crippen LogP contribution in [0.2, 0.25) is 5.02 Å². The third kappa shape index (κ3) is 3.85. The normalized spacial score (nSPS) is 17.8. The fraction of sp³-hybridized carbons (Fsp3) is 0.471. The van der Waals surface area contributed by atoms with Crippen LogP contribution in [0.3, 0.4) is 0 Å². The molecule has 0 unspecified atom stereocenters. The highest BCUT2D eigenvalue weighted by molar-refractivity contribution is 6.30. The average Bonchev–Trinajstić information content (AvgIpc) is 2.36. The number of halogens is 2. The Morgan fingerprint density at radius 3 is 2.71 bits per heavy atom. The molecule has 2 nitrogen and oxygen atoms in total. The highest BCUT2D eigenvalue weighted by atomic mass is 35.5. The van der Waals surface area contributed by atoms with Crippen LogP contribution in [0.25, 0.3) is 5.57 Å². The smallest absolute Gasteiger partial charge is 0.334 e. The molecular formula is C17H20ClFO2. The largest absolute Gasteiger partial charge is 0.463 e. The van der Waals surface area contributed by atoms with E-state index in [1.807, 2.05) is 0 Å². The molecule has 4 heteroatoms. The van der Waals surface area contributed by atoms with Gasteiger partial charge < -0.3 is 4.74 Å². The predicted octanol–water partition coefficient (Wildman–Crippen LogP) is 5.01. The van der Waals surface area contributed by atoms with Crippen molar-refractivity contribution in [2.75, 3.05) is 6.61 Å². The van der Waals surface area contributed by atoms with E-state index in [2.05, 4.69) is 13.8 Å². The van der Waals surface area contributed by atoms with Gasteiger partial charge >= 0.3 is 5.97 Å². The fourth-order valence-electron chi connectivity index (χ4n) is 2.75. The number of benzene rings is 1. The van der Waals surface area contributed by atoms with Crippen LogP contribution >= 0.6 is 11.6 Å². The van der Waals surface area contributed by atoms with E-state index in [1.165, 1.54) is 12.1 Å². The number of allylic oxidation sites excluding steroid dienone is 1. The van der Waals surface area contributed by atoms with E-state index in [4.69, 9.17) is 16.3 Å². The summed E-state index contributed by atoms with van der Waals surface area (Å²) in [7, 11) is 0. The molecule has 0 aromatic heterocycles. The third-order valence-electron chi connectivity index (χ3n) is 3.80. The lowest BCUT2D eigenvalue weighted by Gasteiger charge is -2.32. The first kappa shape index (κ1) is 16.0. The number of carbonyl (C=O) groups excluding carboxylic acids is 1. The van der Waals surface area contributed by atoms with Gasteiger partial charge in [0.2, 0.25) is 0 Å². The number of rotatable bonds is 3. The topological polar surface area (TPSA) is 26.3 Å². The van der Waals surface area contributed by atoms with Crippen LogP contribution in [0.4, 0.5) is 4.39 Å². The molecule has 1 aliphatic rings.